The molecule has 0 unspecified atom stereocenters. The van der Waals surface area contributed by atoms with Gasteiger partial charge in [-0.3, -0.25) is 14.5 Å². The number of unbranched alkanes of at least 4 members (excludes halogenated alkanes) is 2. The molecule has 0 saturated heterocycles. The first-order valence-corrected chi connectivity index (χ1v) is 14.4. The molecule has 5 rings (SSSR count). The van der Waals surface area contributed by atoms with Gasteiger partial charge in [0.2, 0.25) is 5.91 Å². The largest absolute Gasteiger partial charge is 0.497 e. The topological polar surface area (TPSA) is 67.9 Å². The highest BCUT2D eigenvalue weighted by molar-refractivity contribution is 6.06. The van der Waals surface area contributed by atoms with Crippen molar-refractivity contribution < 1.29 is 19.1 Å². The number of ketones is 1. The number of nitrogens with one attached hydrogen (secondary N) is 1. The molecule has 6 nitrogen and oxygen atoms in total. The number of amides is 1. The zero-order chi connectivity index (χ0) is 28.1. The molecule has 3 aromatic carbocycles. The van der Waals surface area contributed by atoms with Crippen molar-refractivity contribution >= 4 is 23.1 Å². The predicted octanol–water partition coefficient (Wildman–Crippen LogP) is 7.57. The summed E-state index contributed by atoms with van der Waals surface area (Å²) in [7, 11) is 1.65. The first-order chi connectivity index (χ1) is 19.5. The van der Waals surface area contributed by atoms with Crippen LogP contribution in [0.2, 0.25) is 0 Å². The van der Waals surface area contributed by atoms with Gasteiger partial charge in [0.15, 0.2) is 5.78 Å². The minimum absolute atomic E-state index is 0.0119. The molecule has 6 heteroatoms. The number of methoxy groups -OCH3 is 1. The van der Waals surface area contributed by atoms with Crippen molar-refractivity contribution in [2.45, 2.75) is 64.3 Å². The molecule has 1 amide bonds. The Morgan fingerprint density at radius 3 is 2.45 bits per heavy atom. The fourth-order valence-corrected chi connectivity index (χ4v) is 5.91. The van der Waals surface area contributed by atoms with E-state index in [0.29, 0.717) is 37.2 Å². The van der Waals surface area contributed by atoms with E-state index in [2.05, 4.69) is 12.2 Å². The Balaban J connectivity index is 1.67. The Morgan fingerprint density at radius 1 is 0.950 bits per heavy atom. The van der Waals surface area contributed by atoms with Crippen molar-refractivity contribution in [1.29, 1.82) is 0 Å². The summed E-state index contributed by atoms with van der Waals surface area (Å²) in [4.78, 5) is 30.2. The number of allylic oxidation sites excluding steroid dienone is 1. The van der Waals surface area contributed by atoms with Crippen LogP contribution < -0.4 is 19.7 Å². The Labute approximate surface area is 237 Å². The van der Waals surface area contributed by atoms with E-state index in [1.54, 1.807) is 7.11 Å². The monoisotopic (exact) mass is 538 g/mol. The Hall–Kier alpha value is -4.06. The number of nitrogens with zero attached hydrogens (tertiary/aromatic N) is 1. The molecular formula is C34H38N2O4. The molecule has 0 saturated carbocycles. The molecule has 0 aromatic heterocycles. The third kappa shape index (κ3) is 5.48. The predicted molar refractivity (Wildman–Crippen MR) is 159 cm³/mol. The molecule has 3 aromatic rings. The summed E-state index contributed by atoms with van der Waals surface area (Å²) in [6.07, 6.45) is 4.27. The number of hydrogen-bond acceptors (Lipinski definition) is 5. The molecule has 1 aliphatic heterocycles. The summed E-state index contributed by atoms with van der Waals surface area (Å²) in [6.45, 7) is 4.57. The number of anilines is 2. The first-order valence-electron chi connectivity index (χ1n) is 14.4. The number of carbonyl (C=O) groups is 2. The van der Waals surface area contributed by atoms with Gasteiger partial charge in [-0.15, -0.1) is 0 Å². The lowest BCUT2D eigenvalue weighted by molar-refractivity contribution is -0.119. The summed E-state index contributed by atoms with van der Waals surface area (Å²) < 4.78 is 11.4. The molecule has 0 fully saturated rings. The van der Waals surface area contributed by atoms with E-state index in [1.165, 1.54) is 0 Å². The highest BCUT2D eigenvalue weighted by atomic mass is 16.5. The maximum Gasteiger partial charge on any atom is 0.227 e. The van der Waals surface area contributed by atoms with Gasteiger partial charge >= 0.3 is 0 Å². The van der Waals surface area contributed by atoms with Gasteiger partial charge in [-0.25, -0.2) is 0 Å². The molecule has 208 valence electrons. The molecule has 0 bridgehead atoms. The van der Waals surface area contributed by atoms with Crippen molar-refractivity contribution in [3.8, 4) is 11.5 Å². The zero-order valence-corrected chi connectivity index (χ0v) is 23.6. The van der Waals surface area contributed by atoms with Crippen molar-refractivity contribution in [2.24, 2.45) is 0 Å². The molecule has 1 aliphatic carbocycles. The average molecular weight is 539 g/mol. The first kappa shape index (κ1) is 27.5. The van der Waals surface area contributed by atoms with Crippen molar-refractivity contribution in [1.82, 2.24) is 0 Å². The lowest BCUT2D eigenvalue weighted by atomic mass is 9.78. The summed E-state index contributed by atoms with van der Waals surface area (Å²) in [5.74, 6) is 1.56. The molecule has 1 heterocycles. The second kappa shape index (κ2) is 12.4. The fraction of sp³-hybridized carbons (Fsp3) is 0.353. The van der Waals surface area contributed by atoms with Gasteiger partial charge in [0, 0.05) is 29.7 Å². The van der Waals surface area contributed by atoms with Crippen LogP contribution in [0.15, 0.2) is 84.1 Å². The van der Waals surface area contributed by atoms with Crippen LogP contribution in [0.5, 0.6) is 11.5 Å². The number of Topliss-reactive ketones (excluding diaryl/α,β-unsaturated/α-hetero) is 1. The van der Waals surface area contributed by atoms with Crippen LogP contribution in [-0.2, 0) is 9.59 Å². The number of fused-ring (bicyclic) bond motifs is 1. The summed E-state index contributed by atoms with van der Waals surface area (Å²) in [5, 5.41) is 3.62. The van der Waals surface area contributed by atoms with E-state index in [4.69, 9.17) is 9.47 Å². The SMILES string of the molecule is CCCCCC(=O)N1c2ccccc2NC2=C(C(=O)C[C@H](c3ccc(OC)cc3)C2)[C@@H]1c1ccccc1OCC. The minimum Gasteiger partial charge on any atom is -0.497 e. The van der Waals surface area contributed by atoms with Crippen molar-refractivity contribution in [3.05, 3.63) is 95.2 Å². The van der Waals surface area contributed by atoms with Gasteiger partial charge in [-0.2, -0.15) is 0 Å². The standard InChI is InChI=1S/C34H38N2O4/c1-4-6-7-16-32(38)36-29-14-10-9-13-27(29)35-28-21-24(23-17-19-25(39-3)20-18-23)22-30(37)33(28)34(36)26-12-8-11-15-31(26)40-5-2/h8-15,17-20,24,34-35H,4-7,16,21-22H2,1-3H3/t24-,34+/m1/s1. The Bertz CT molecular complexity index is 1400. The average Bonchev–Trinajstić information content (AvgIpc) is 3.12. The number of benzene rings is 3. The van der Waals surface area contributed by atoms with Crippen LogP contribution in [0.25, 0.3) is 0 Å². The van der Waals surface area contributed by atoms with E-state index < -0.39 is 6.04 Å². The summed E-state index contributed by atoms with van der Waals surface area (Å²) in [5.41, 5.74) is 5.05. The van der Waals surface area contributed by atoms with E-state index in [-0.39, 0.29) is 17.6 Å². The second-order valence-electron chi connectivity index (χ2n) is 10.4. The fourth-order valence-electron chi connectivity index (χ4n) is 5.91. The highest BCUT2D eigenvalue weighted by Gasteiger charge is 2.42. The van der Waals surface area contributed by atoms with Crippen LogP contribution >= 0.6 is 0 Å². The summed E-state index contributed by atoms with van der Waals surface area (Å²) >= 11 is 0. The third-order valence-corrected chi connectivity index (χ3v) is 7.85. The molecule has 40 heavy (non-hydrogen) atoms. The van der Waals surface area contributed by atoms with Gasteiger partial charge < -0.3 is 14.8 Å². The van der Waals surface area contributed by atoms with Crippen molar-refractivity contribution in [2.75, 3.05) is 23.9 Å². The molecule has 1 N–H and O–H groups in total. The van der Waals surface area contributed by atoms with Gasteiger partial charge in [0.25, 0.3) is 0 Å². The maximum absolute atomic E-state index is 14.2. The molecule has 2 atom stereocenters. The maximum atomic E-state index is 14.2. The molecular weight excluding hydrogens is 500 g/mol. The summed E-state index contributed by atoms with van der Waals surface area (Å²) in [6, 6.07) is 23.1. The van der Waals surface area contributed by atoms with E-state index in [0.717, 1.165) is 53.2 Å². The van der Waals surface area contributed by atoms with Crippen LogP contribution in [0, 0.1) is 0 Å². The van der Waals surface area contributed by atoms with E-state index in [9.17, 15) is 9.59 Å². The van der Waals surface area contributed by atoms with Gasteiger partial charge in [0.1, 0.15) is 11.5 Å². The Kier molecular flexibility index (Phi) is 8.54. The van der Waals surface area contributed by atoms with E-state index in [1.807, 2.05) is 84.6 Å². The number of ether oxygens (including phenoxy) is 2. The van der Waals surface area contributed by atoms with Crippen LogP contribution in [0.4, 0.5) is 11.4 Å². The smallest absolute Gasteiger partial charge is 0.227 e. The van der Waals surface area contributed by atoms with Gasteiger partial charge in [-0.1, -0.05) is 62.2 Å². The third-order valence-electron chi connectivity index (χ3n) is 7.85. The van der Waals surface area contributed by atoms with Crippen molar-refractivity contribution in [3.63, 3.8) is 0 Å². The van der Waals surface area contributed by atoms with Gasteiger partial charge in [-0.05, 0) is 61.6 Å². The number of rotatable bonds is 9. The van der Waals surface area contributed by atoms with Crippen LogP contribution in [-0.4, -0.2) is 25.4 Å². The van der Waals surface area contributed by atoms with E-state index >= 15 is 0 Å². The van der Waals surface area contributed by atoms with Gasteiger partial charge in [0.05, 0.1) is 31.1 Å². The second-order valence-corrected chi connectivity index (χ2v) is 10.4. The molecule has 0 radical (unpaired) electrons. The van der Waals surface area contributed by atoms with Crippen LogP contribution in [0.3, 0.4) is 0 Å². The quantitative estimate of drug-likeness (QED) is 0.285. The molecule has 2 aliphatic rings. The lowest BCUT2D eigenvalue weighted by Crippen LogP contribution is -2.38. The lowest BCUT2D eigenvalue weighted by Gasteiger charge is -2.36. The highest BCUT2D eigenvalue weighted by Crippen LogP contribution is 2.49. The number of hydrogen-bond donors (Lipinski definition) is 1. The zero-order valence-electron chi connectivity index (χ0n) is 23.6. The molecule has 0 spiro atoms. The number of para-hydroxylation sites is 3. The van der Waals surface area contributed by atoms with Crippen LogP contribution in [0.1, 0.15) is 75.5 Å². The number of carbonyl (C=O) groups excluding carboxylic acids is 2. The normalized spacial score (nSPS) is 18.4. The minimum atomic E-state index is -0.590. The Morgan fingerprint density at radius 2 is 1.70 bits per heavy atom.